The molecule has 1 amide bonds. The zero-order valence-electron chi connectivity index (χ0n) is 14.1. The molecule has 0 aliphatic carbocycles. The largest absolute Gasteiger partial charge is 0.493 e. The molecule has 0 spiro atoms. The van der Waals surface area contributed by atoms with Crippen LogP contribution < -0.4 is 14.8 Å². The number of benzene rings is 1. The summed E-state index contributed by atoms with van der Waals surface area (Å²) in [5.74, 6) is 0.0422. The second-order valence-electron chi connectivity index (χ2n) is 5.67. The number of nitrogens with one attached hydrogen (secondary N) is 1. The summed E-state index contributed by atoms with van der Waals surface area (Å²) in [6.07, 6.45) is 1.23. The maximum absolute atomic E-state index is 12.1. The number of hydrogen-bond donors (Lipinski definition) is 2. The van der Waals surface area contributed by atoms with Crippen molar-refractivity contribution in [3.8, 4) is 11.5 Å². The predicted octanol–water partition coefficient (Wildman–Crippen LogP) is 2.71. The molecular formula is C17H25NO5. The minimum absolute atomic E-state index is 0.314. The third-order valence-corrected chi connectivity index (χ3v) is 3.39. The van der Waals surface area contributed by atoms with Crippen molar-refractivity contribution in [2.24, 2.45) is 5.92 Å². The van der Waals surface area contributed by atoms with E-state index in [9.17, 15) is 9.59 Å². The number of aliphatic carboxylic acids is 1. The average Bonchev–Trinajstić information content (AvgIpc) is 2.51. The molecule has 0 aromatic heterocycles. The maximum Gasteiger partial charge on any atom is 0.326 e. The molecule has 128 valence electrons. The van der Waals surface area contributed by atoms with Gasteiger partial charge < -0.3 is 19.9 Å². The molecule has 6 heteroatoms. The van der Waals surface area contributed by atoms with Crippen molar-refractivity contribution < 1.29 is 24.2 Å². The quantitative estimate of drug-likeness (QED) is 0.730. The minimum atomic E-state index is -1.05. The van der Waals surface area contributed by atoms with E-state index in [1.165, 1.54) is 7.11 Å². The second kappa shape index (κ2) is 9.02. The van der Waals surface area contributed by atoms with Gasteiger partial charge in [-0.2, -0.15) is 0 Å². The zero-order chi connectivity index (χ0) is 17.4. The van der Waals surface area contributed by atoms with Crippen molar-refractivity contribution in [1.29, 1.82) is 0 Å². The van der Waals surface area contributed by atoms with Crippen molar-refractivity contribution in [2.45, 2.75) is 39.7 Å². The van der Waals surface area contributed by atoms with Gasteiger partial charge in [0.2, 0.25) is 0 Å². The van der Waals surface area contributed by atoms with Crippen LogP contribution in [0.3, 0.4) is 0 Å². The van der Waals surface area contributed by atoms with Crippen molar-refractivity contribution >= 4 is 11.9 Å². The van der Waals surface area contributed by atoms with E-state index in [1.54, 1.807) is 25.1 Å². The molecule has 0 saturated heterocycles. The lowest BCUT2D eigenvalue weighted by Crippen LogP contribution is -2.40. The van der Waals surface area contributed by atoms with Crippen molar-refractivity contribution in [3.05, 3.63) is 23.8 Å². The van der Waals surface area contributed by atoms with Gasteiger partial charge in [0.25, 0.3) is 5.91 Å². The summed E-state index contributed by atoms with van der Waals surface area (Å²) in [5.41, 5.74) is 0.331. The number of carbonyl (C=O) groups is 2. The molecule has 6 nitrogen and oxygen atoms in total. The lowest BCUT2D eigenvalue weighted by molar-refractivity contribution is -0.139. The van der Waals surface area contributed by atoms with Gasteiger partial charge in [-0.1, -0.05) is 20.8 Å². The highest BCUT2D eigenvalue weighted by Crippen LogP contribution is 2.28. The molecule has 0 saturated carbocycles. The molecule has 0 radical (unpaired) electrons. The number of hydrogen-bond acceptors (Lipinski definition) is 4. The standard InChI is InChI=1S/C17H25NO5/c1-5-13(17(20)21)18-16(19)12-6-7-14(15(10-12)22-4)23-9-8-11(2)3/h6-7,10-11,13H,5,8-9H2,1-4H3,(H,18,19)(H,20,21). The molecule has 1 aromatic carbocycles. The summed E-state index contributed by atoms with van der Waals surface area (Å²) in [4.78, 5) is 23.1. The number of carboxylic acids is 1. The first kappa shape index (κ1) is 18.8. The van der Waals surface area contributed by atoms with Gasteiger partial charge in [0, 0.05) is 5.56 Å². The van der Waals surface area contributed by atoms with E-state index in [0.29, 0.717) is 36.0 Å². The van der Waals surface area contributed by atoms with Gasteiger partial charge in [0.15, 0.2) is 11.5 Å². The third kappa shape index (κ3) is 5.81. The number of carbonyl (C=O) groups excluding carboxylic acids is 1. The van der Waals surface area contributed by atoms with Crippen LogP contribution in [0.15, 0.2) is 18.2 Å². The van der Waals surface area contributed by atoms with Gasteiger partial charge in [-0.3, -0.25) is 4.79 Å². The van der Waals surface area contributed by atoms with Gasteiger partial charge in [0.1, 0.15) is 6.04 Å². The zero-order valence-corrected chi connectivity index (χ0v) is 14.1. The summed E-state index contributed by atoms with van der Waals surface area (Å²) in [6.45, 7) is 6.49. The maximum atomic E-state index is 12.1. The Balaban J connectivity index is 2.81. The third-order valence-electron chi connectivity index (χ3n) is 3.39. The predicted molar refractivity (Wildman–Crippen MR) is 87.1 cm³/mol. The van der Waals surface area contributed by atoms with Crippen LogP contribution in [0.25, 0.3) is 0 Å². The molecular weight excluding hydrogens is 298 g/mol. The SMILES string of the molecule is CCC(NC(=O)c1ccc(OCCC(C)C)c(OC)c1)C(=O)O. The van der Waals surface area contributed by atoms with E-state index in [0.717, 1.165) is 6.42 Å². The molecule has 0 aliphatic rings. The van der Waals surface area contributed by atoms with E-state index >= 15 is 0 Å². The number of carboxylic acid groups (broad SMARTS) is 1. The Morgan fingerprint density at radius 3 is 2.48 bits per heavy atom. The average molecular weight is 323 g/mol. The molecule has 2 N–H and O–H groups in total. The highest BCUT2D eigenvalue weighted by atomic mass is 16.5. The monoisotopic (exact) mass is 323 g/mol. The summed E-state index contributed by atoms with van der Waals surface area (Å²) in [5, 5.41) is 11.5. The van der Waals surface area contributed by atoms with Crippen LogP contribution in [0.5, 0.6) is 11.5 Å². The van der Waals surface area contributed by atoms with E-state index in [2.05, 4.69) is 19.2 Å². The Kier molecular flexibility index (Phi) is 7.38. The molecule has 0 heterocycles. The number of rotatable bonds is 9. The van der Waals surface area contributed by atoms with Gasteiger partial charge in [0.05, 0.1) is 13.7 Å². The normalized spacial score (nSPS) is 11.9. The van der Waals surface area contributed by atoms with Crippen molar-refractivity contribution in [3.63, 3.8) is 0 Å². The van der Waals surface area contributed by atoms with Crippen LogP contribution in [-0.2, 0) is 4.79 Å². The van der Waals surface area contributed by atoms with E-state index in [1.807, 2.05) is 0 Å². The fourth-order valence-corrected chi connectivity index (χ4v) is 1.91. The number of methoxy groups -OCH3 is 1. The van der Waals surface area contributed by atoms with Crippen LogP contribution in [-0.4, -0.2) is 36.7 Å². The highest BCUT2D eigenvalue weighted by Gasteiger charge is 2.19. The topological polar surface area (TPSA) is 84.9 Å². The lowest BCUT2D eigenvalue weighted by Gasteiger charge is -2.15. The summed E-state index contributed by atoms with van der Waals surface area (Å²) < 4.78 is 10.9. The Bertz CT molecular complexity index is 542. The van der Waals surface area contributed by atoms with Crippen molar-refractivity contribution in [1.82, 2.24) is 5.32 Å². The Hall–Kier alpha value is -2.24. The van der Waals surface area contributed by atoms with Gasteiger partial charge in [-0.25, -0.2) is 4.79 Å². The van der Waals surface area contributed by atoms with Gasteiger partial charge in [-0.15, -0.1) is 0 Å². The summed E-state index contributed by atoms with van der Waals surface area (Å²) >= 11 is 0. The van der Waals surface area contributed by atoms with E-state index in [-0.39, 0.29) is 0 Å². The molecule has 1 unspecified atom stereocenters. The smallest absolute Gasteiger partial charge is 0.326 e. The fraction of sp³-hybridized carbons (Fsp3) is 0.529. The van der Waals surface area contributed by atoms with Crippen LogP contribution >= 0.6 is 0 Å². The minimum Gasteiger partial charge on any atom is -0.493 e. The second-order valence-corrected chi connectivity index (χ2v) is 5.67. The van der Waals surface area contributed by atoms with E-state index < -0.39 is 17.9 Å². The first-order chi connectivity index (χ1) is 10.9. The lowest BCUT2D eigenvalue weighted by atomic mass is 10.1. The first-order valence-corrected chi connectivity index (χ1v) is 7.73. The Labute approximate surface area is 136 Å². The summed E-state index contributed by atoms with van der Waals surface area (Å²) in [6, 6.07) is 3.90. The summed E-state index contributed by atoms with van der Waals surface area (Å²) in [7, 11) is 1.50. The molecule has 1 rings (SSSR count). The van der Waals surface area contributed by atoms with E-state index in [4.69, 9.17) is 14.6 Å². The van der Waals surface area contributed by atoms with Gasteiger partial charge in [-0.05, 0) is 37.0 Å². The number of amides is 1. The van der Waals surface area contributed by atoms with Crippen LogP contribution in [0.4, 0.5) is 0 Å². The van der Waals surface area contributed by atoms with Crippen LogP contribution in [0, 0.1) is 5.92 Å². The van der Waals surface area contributed by atoms with Gasteiger partial charge >= 0.3 is 5.97 Å². The molecule has 1 atom stereocenters. The first-order valence-electron chi connectivity index (χ1n) is 7.73. The Morgan fingerprint density at radius 1 is 1.26 bits per heavy atom. The fourth-order valence-electron chi connectivity index (χ4n) is 1.91. The molecule has 0 fully saturated rings. The molecule has 0 bridgehead atoms. The molecule has 23 heavy (non-hydrogen) atoms. The van der Waals surface area contributed by atoms with Crippen LogP contribution in [0.2, 0.25) is 0 Å². The number of ether oxygens (including phenoxy) is 2. The highest BCUT2D eigenvalue weighted by molar-refractivity contribution is 5.97. The molecule has 1 aromatic rings. The molecule has 0 aliphatic heterocycles. The Morgan fingerprint density at radius 2 is 1.96 bits per heavy atom. The van der Waals surface area contributed by atoms with Crippen LogP contribution in [0.1, 0.15) is 44.0 Å². The van der Waals surface area contributed by atoms with Crippen molar-refractivity contribution in [2.75, 3.05) is 13.7 Å².